The lowest BCUT2D eigenvalue weighted by atomic mass is 10.1. The van der Waals surface area contributed by atoms with Crippen molar-refractivity contribution < 1.29 is 9.18 Å². The summed E-state index contributed by atoms with van der Waals surface area (Å²) in [6.45, 7) is 3.74. The molecular formula is C17H16FN3OS. The van der Waals surface area contributed by atoms with Gasteiger partial charge in [-0.3, -0.25) is 14.8 Å². The predicted octanol–water partition coefficient (Wildman–Crippen LogP) is 3.42. The number of hydrogen-bond acceptors (Lipinski definition) is 4. The quantitative estimate of drug-likeness (QED) is 0.939. The average molecular weight is 329 g/mol. The molecule has 1 N–H and O–H groups in total. The minimum absolute atomic E-state index is 0.133. The Kier molecular flexibility index (Phi) is 4.17. The molecule has 2 heterocycles. The van der Waals surface area contributed by atoms with Gasteiger partial charge in [0.2, 0.25) is 5.91 Å². The molecule has 1 aromatic heterocycles. The van der Waals surface area contributed by atoms with Crippen molar-refractivity contribution in [2.75, 3.05) is 0 Å². The van der Waals surface area contributed by atoms with Crippen LogP contribution in [0.15, 0.2) is 53.7 Å². The molecule has 2 atom stereocenters. The van der Waals surface area contributed by atoms with Crippen LogP contribution < -0.4 is 5.32 Å². The Morgan fingerprint density at radius 2 is 2.00 bits per heavy atom. The Morgan fingerprint density at radius 3 is 2.65 bits per heavy atom. The second-order valence-corrected chi connectivity index (χ2v) is 6.87. The first-order valence-electron chi connectivity index (χ1n) is 7.24. The Bertz CT molecular complexity index is 748. The van der Waals surface area contributed by atoms with Gasteiger partial charge in [-0.15, -0.1) is 0 Å². The number of amidine groups is 1. The van der Waals surface area contributed by atoms with Gasteiger partial charge in [0, 0.05) is 6.20 Å². The molecule has 1 amide bonds. The number of halogens is 1. The van der Waals surface area contributed by atoms with Gasteiger partial charge in [-0.1, -0.05) is 30.0 Å². The summed E-state index contributed by atoms with van der Waals surface area (Å²) < 4.78 is 12.2. The highest BCUT2D eigenvalue weighted by molar-refractivity contribution is 8.15. The molecule has 3 rings (SSSR count). The number of aliphatic imine (C=N–C) groups is 1. The number of amides is 1. The number of rotatable bonds is 3. The number of carbonyl (C=O) groups excluding carboxylic acids is 1. The molecule has 4 nitrogen and oxygen atoms in total. The Labute approximate surface area is 138 Å². The van der Waals surface area contributed by atoms with E-state index in [1.165, 1.54) is 23.9 Å². The highest BCUT2D eigenvalue weighted by Gasteiger charge is 2.45. The van der Waals surface area contributed by atoms with E-state index in [2.05, 4.69) is 15.3 Å². The first-order valence-corrected chi connectivity index (χ1v) is 8.06. The van der Waals surface area contributed by atoms with Crippen molar-refractivity contribution in [2.45, 2.75) is 24.6 Å². The van der Waals surface area contributed by atoms with Gasteiger partial charge < -0.3 is 5.32 Å². The van der Waals surface area contributed by atoms with Crippen molar-refractivity contribution in [3.05, 3.63) is 65.7 Å². The third kappa shape index (κ3) is 3.12. The van der Waals surface area contributed by atoms with Crippen LogP contribution in [0.1, 0.15) is 31.1 Å². The summed E-state index contributed by atoms with van der Waals surface area (Å²) in [5.41, 5.74) is 1.59. The van der Waals surface area contributed by atoms with E-state index >= 15 is 0 Å². The molecule has 118 valence electrons. The summed E-state index contributed by atoms with van der Waals surface area (Å²) >= 11 is 1.35. The summed E-state index contributed by atoms with van der Waals surface area (Å²) in [4.78, 5) is 21.2. The van der Waals surface area contributed by atoms with Crippen LogP contribution in [0.25, 0.3) is 0 Å². The fourth-order valence-electron chi connectivity index (χ4n) is 2.35. The van der Waals surface area contributed by atoms with Gasteiger partial charge in [-0.25, -0.2) is 4.39 Å². The molecule has 0 spiro atoms. The number of hydrogen-bond donors (Lipinski definition) is 1. The van der Waals surface area contributed by atoms with Crippen LogP contribution >= 0.6 is 11.8 Å². The number of benzene rings is 1. The molecule has 6 heteroatoms. The van der Waals surface area contributed by atoms with Crippen molar-refractivity contribution in [2.24, 2.45) is 4.99 Å². The van der Waals surface area contributed by atoms with Crippen LogP contribution in [0.5, 0.6) is 0 Å². The Hall–Kier alpha value is -2.21. The van der Waals surface area contributed by atoms with Crippen LogP contribution in [0.3, 0.4) is 0 Å². The maximum Gasteiger partial charge on any atom is 0.248 e. The van der Waals surface area contributed by atoms with Gasteiger partial charge in [0.15, 0.2) is 5.17 Å². The number of nitrogens with zero attached hydrogens (tertiary/aromatic N) is 2. The highest BCUT2D eigenvalue weighted by atomic mass is 32.2. The van der Waals surface area contributed by atoms with Crippen molar-refractivity contribution in [3.8, 4) is 0 Å². The van der Waals surface area contributed by atoms with E-state index in [1.54, 1.807) is 18.3 Å². The number of pyridine rings is 1. The van der Waals surface area contributed by atoms with Gasteiger partial charge in [-0.2, -0.15) is 0 Å². The second kappa shape index (κ2) is 6.12. The summed E-state index contributed by atoms with van der Waals surface area (Å²) in [7, 11) is 0. The highest BCUT2D eigenvalue weighted by Crippen LogP contribution is 2.40. The average Bonchev–Trinajstić information content (AvgIpc) is 2.84. The topological polar surface area (TPSA) is 54.4 Å². The summed E-state index contributed by atoms with van der Waals surface area (Å²) in [6.07, 6.45) is 1.67. The van der Waals surface area contributed by atoms with Crippen molar-refractivity contribution in [1.82, 2.24) is 10.3 Å². The largest absolute Gasteiger partial charge is 0.304 e. The van der Waals surface area contributed by atoms with Crippen LogP contribution in [0, 0.1) is 5.82 Å². The SMILES string of the molecule is C[C@H](N=C1NC(=O)[C@](C)(c2ccccn2)S1)c1ccc(F)cc1. The molecule has 1 aliphatic rings. The summed E-state index contributed by atoms with van der Waals surface area (Å²) in [5, 5.41) is 3.37. The van der Waals surface area contributed by atoms with E-state index in [-0.39, 0.29) is 17.8 Å². The van der Waals surface area contributed by atoms with Gasteiger partial charge in [0.1, 0.15) is 10.6 Å². The van der Waals surface area contributed by atoms with Crippen LogP contribution in [0.4, 0.5) is 4.39 Å². The fourth-order valence-corrected chi connectivity index (χ4v) is 3.46. The van der Waals surface area contributed by atoms with Crippen LogP contribution in [0.2, 0.25) is 0 Å². The van der Waals surface area contributed by atoms with Gasteiger partial charge in [0.25, 0.3) is 0 Å². The molecule has 0 unspecified atom stereocenters. The Balaban J connectivity index is 1.83. The van der Waals surface area contributed by atoms with Crippen molar-refractivity contribution in [1.29, 1.82) is 0 Å². The Morgan fingerprint density at radius 1 is 1.26 bits per heavy atom. The molecule has 1 aromatic carbocycles. The zero-order valence-corrected chi connectivity index (χ0v) is 13.6. The van der Waals surface area contributed by atoms with E-state index in [4.69, 9.17) is 0 Å². The molecule has 0 saturated carbocycles. The minimum Gasteiger partial charge on any atom is -0.304 e. The third-order valence-corrected chi connectivity index (χ3v) is 4.98. The molecule has 2 aromatic rings. The first-order chi connectivity index (χ1) is 11.0. The van der Waals surface area contributed by atoms with E-state index in [0.717, 1.165) is 5.56 Å². The summed E-state index contributed by atoms with van der Waals surface area (Å²) in [6, 6.07) is 11.5. The number of aromatic nitrogens is 1. The molecule has 0 aliphatic carbocycles. The fraction of sp³-hybridized carbons (Fsp3) is 0.235. The molecular weight excluding hydrogens is 313 g/mol. The molecule has 23 heavy (non-hydrogen) atoms. The van der Waals surface area contributed by atoms with Gasteiger partial charge >= 0.3 is 0 Å². The third-order valence-electron chi connectivity index (χ3n) is 3.77. The summed E-state index contributed by atoms with van der Waals surface area (Å²) in [5.74, 6) is -0.411. The maximum absolute atomic E-state index is 13.0. The zero-order valence-electron chi connectivity index (χ0n) is 12.8. The number of thioether (sulfide) groups is 1. The van der Waals surface area contributed by atoms with E-state index in [1.807, 2.05) is 32.0 Å². The normalized spacial score (nSPS) is 23.8. The van der Waals surface area contributed by atoms with Crippen molar-refractivity contribution in [3.63, 3.8) is 0 Å². The van der Waals surface area contributed by atoms with Crippen LogP contribution in [-0.4, -0.2) is 16.1 Å². The molecule has 0 radical (unpaired) electrons. The lowest BCUT2D eigenvalue weighted by molar-refractivity contribution is -0.121. The number of carbonyl (C=O) groups is 1. The lowest BCUT2D eigenvalue weighted by Crippen LogP contribution is -2.32. The lowest BCUT2D eigenvalue weighted by Gasteiger charge is -2.17. The minimum atomic E-state index is -0.789. The van der Waals surface area contributed by atoms with Crippen molar-refractivity contribution >= 4 is 22.8 Å². The smallest absolute Gasteiger partial charge is 0.248 e. The van der Waals surface area contributed by atoms with E-state index in [0.29, 0.717) is 10.9 Å². The molecule has 1 fully saturated rings. The molecule has 1 aliphatic heterocycles. The first kappa shape index (κ1) is 15.7. The van der Waals surface area contributed by atoms with Gasteiger partial charge in [0.05, 0.1) is 11.7 Å². The van der Waals surface area contributed by atoms with Crippen LogP contribution in [-0.2, 0) is 9.54 Å². The monoisotopic (exact) mass is 329 g/mol. The maximum atomic E-state index is 13.0. The number of nitrogens with one attached hydrogen (secondary N) is 1. The predicted molar refractivity (Wildman–Crippen MR) is 89.6 cm³/mol. The van der Waals surface area contributed by atoms with E-state index < -0.39 is 4.75 Å². The second-order valence-electron chi connectivity index (χ2n) is 5.47. The van der Waals surface area contributed by atoms with Gasteiger partial charge in [-0.05, 0) is 43.7 Å². The molecule has 0 bridgehead atoms. The molecule has 1 saturated heterocycles. The van der Waals surface area contributed by atoms with E-state index in [9.17, 15) is 9.18 Å². The standard InChI is InChI=1S/C17H16FN3OS/c1-11(12-6-8-13(18)9-7-12)20-16-21-15(22)17(2,23-16)14-5-3-4-10-19-14/h3-11H,1-2H3,(H,20,21,22)/t11-,17-/m0/s1. The zero-order chi connectivity index (χ0) is 16.4.